The Labute approximate surface area is 78.4 Å². The maximum atomic E-state index is 12.7. The van der Waals surface area contributed by atoms with Crippen LogP contribution in [0.1, 0.15) is 5.56 Å². The molecule has 0 saturated heterocycles. The highest BCUT2D eigenvalue weighted by Gasteiger charge is 2.32. The van der Waals surface area contributed by atoms with E-state index >= 15 is 0 Å². The van der Waals surface area contributed by atoms with Crippen LogP contribution in [0.4, 0.5) is 26.3 Å². The summed E-state index contributed by atoms with van der Waals surface area (Å²) >= 11 is 0. The largest absolute Gasteiger partial charge is 0.481 e. The van der Waals surface area contributed by atoms with Crippen molar-refractivity contribution in [3.63, 3.8) is 0 Å². The van der Waals surface area contributed by atoms with Crippen LogP contribution in [0, 0.1) is 29.1 Å². The summed E-state index contributed by atoms with van der Waals surface area (Å²) in [6, 6.07) is 0. The normalized spacial score (nSPS) is 10.0. The Morgan fingerprint density at radius 3 is 1.47 bits per heavy atom. The summed E-state index contributed by atoms with van der Waals surface area (Å²) < 4.78 is 75.1. The van der Waals surface area contributed by atoms with E-state index in [9.17, 15) is 26.3 Å². The SMILES string of the molecule is [N-]=[N+]=C(F)c1c(F)c(F)c(F)c(F)c1F. The third-order valence-electron chi connectivity index (χ3n) is 1.50. The first-order valence-corrected chi connectivity index (χ1v) is 3.31. The topological polar surface area (TPSA) is 36.4 Å². The van der Waals surface area contributed by atoms with Gasteiger partial charge in [-0.3, -0.25) is 0 Å². The molecule has 0 saturated carbocycles. The summed E-state index contributed by atoms with van der Waals surface area (Å²) in [5.41, 5.74) is 5.92. The van der Waals surface area contributed by atoms with Gasteiger partial charge in [-0.05, 0) is 0 Å². The fraction of sp³-hybridized carbons (Fsp3) is 0. The Bertz CT molecular complexity index is 448. The van der Waals surface area contributed by atoms with E-state index in [1.54, 1.807) is 4.79 Å². The smallest absolute Gasteiger partial charge is 0.358 e. The molecule has 0 unspecified atom stereocenters. The fourth-order valence-electron chi connectivity index (χ4n) is 0.836. The van der Waals surface area contributed by atoms with Crippen LogP contribution in [0.15, 0.2) is 0 Å². The second-order valence-electron chi connectivity index (χ2n) is 2.34. The molecular formula is C7F6N2. The van der Waals surface area contributed by atoms with E-state index in [2.05, 4.69) is 0 Å². The minimum Gasteiger partial charge on any atom is -0.358 e. The van der Waals surface area contributed by atoms with Crippen LogP contribution in [0.3, 0.4) is 0 Å². The second-order valence-corrected chi connectivity index (χ2v) is 2.34. The molecule has 0 bridgehead atoms. The Hall–Kier alpha value is -1.82. The molecule has 8 heteroatoms. The van der Waals surface area contributed by atoms with Gasteiger partial charge in [-0.25, -0.2) is 22.0 Å². The van der Waals surface area contributed by atoms with E-state index in [1.807, 2.05) is 0 Å². The molecule has 80 valence electrons. The Balaban J connectivity index is 3.75. The average Bonchev–Trinajstić information content (AvgIpc) is 2.23. The molecule has 0 amide bonds. The Morgan fingerprint density at radius 1 is 0.800 bits per heavy atom. The van der Waals surface area contributed by atoms with Crippen molar-refractivity contribution in [2.75, 3.05) is 0 Å². The summed E-state index contributed by atoms with van der Waals surface area (Å²) in [5.74, 6) is -14.1. The van der Waals surface area contributed by atoms with Crippen molar-refractivity contribution in [3.05, 3.63) is 40.2 Å². The molecule has 0 aliphatic heterocycles. The van der Waals surface area contributed by atoms with Gasteiger partial charge in [-0.2, -0.15) is 0 Å². The van der Waals surface area contributed by atoms with Crippen molar-refractivity contribution in [1.29, 1.82) is 0 Å². The molecule has 1 aromatic rings. The number of hydrogen-bond donors (Lipinski definition) is 0. The molecule has 0 spiro atoms. The van der Waals surface area contributed by atoms with Gasteiger partial charge in [-0.1, -0.05) is 0 Å². The molecule has 15 heavy (non-hydrogen) atoms. The van der Waals surface area contributed by atoms with Crippen molar-refractivity contribution in [2.24, 2.45) is 0 Å². The second kappa shape index (κ2) is 3.74. The Morgan fingerprint density at radius 2 is 1.13 bits per heavy atom. The third kappa shape index (κ3) is 1.59. The van der Waals surface area contributed by atoms with E-state index in [1.165, 1.54) is 0 Å². The molecular weight excluding hydrogens is 226 g/mol. The van der Waals surface area contributed by atoms with Crippen molar-refractivity contribution < 1.29 is 31.1 Å². The molecule has 0 atom stereocenters. The van der Waals surface area contributed by atoms with Crippen LogP contribution in [-0.4, -0.2) is 10.8 Å². The molecule has 0 heterocycles. The number of hydrogen-bond acceptors (Lipinski definition) is 0. The lowest BCUT2D eigenvalue weighted by molar-refractivity contribution is -0.0191. The van der Waals surface area contributed by atoms with Gasteiger partial charge < -0.3 is 5.53 Å². The minimum atomic E-state index is -2.42. The van der Waals surface area contributed by atoms with Crippen molar-refractivity contribution in [1.82, 2.24) is 0 Å². The molecule has 0 fully saturated rings. The van der Waals surface area contributed by atoms with Gasteiger partial charge in [-0.15, -0.1) is 9.18 Å². The monoisotopic (exact) mass is 226 g/mol. The molecule has 0 aliphatic carbocycles. The maximum Gasteiger partial charge on any atom is 0.481 e. The molecule has 0 radical (unpaired) electrons. The summed E-state index contributed by atoms with van der Waals surface area (Å²) in [4.78, 5) is 1.71. The summed E-state index contributed by atoms with van der Waals surface area (Å²) in [7, 11) is 0. The van der Waals surface area contributed by atoms with Crippen LogP contribution in [-0.2, 0) is 0 Å². The average molecular weight is 226 g/mol. The van der Waals surface area contributed by atoms with E-state index in [4.69, 9.17) is 5.53 Å². The fourth-order valence-corrected chi connectivity index (χ4v) is 0.836. The van der Waals surface area contributed by atoms with E-state index in [0.29, 0.717) is 0 Å². The molecule has 2 nitrogen and oxygen atoms in total. The predicted octanol–water partition coefficient (Wildman–Crippen LogP) is 2.33. The highest BCUT2D eigenvalue weighted by Crippen LogP contribution is 2.23. The third-order valence-corrected chi connectivity index (χ3v) is 1.50. The van der Waals surface area contributed by atoms with Gasteiger partial charge in [0, 0.05) is 0 Å². The summed E-state index contributed by atoms with van der Waals surface area (Å²) in [5, 5.41) is 0. The van der Waals surface area contributed by atoms with Gasteiger partial charge in [0.1, 0.15) is 0 Å². The quantitative estimate of drug-likeness (QED) is 0.176. The maximum absolute atomic E-state index is 12.7. The van der Waals surface area contributed by atoms with Crippen LogP contribution in [0.2, 0.25) is 0 Å². The standard InChI is InChI=1S/C7F6N2/c8-2-1(7(13)15-14)3(9)5(11)6(12)4(2)10. The van der Waals surface area contributed by atoms with Crippen LogP contribution in [0.5, 0.6) is 0 Å². The number of benzene rings is 1. The van der Waals surface area contributed by atoms with Gasteiger partial charge in [0.15, 0.2) is 28.8 Å². The first kappa shape index (κ1) is 11.3. The van der Waals surface area contributed by atoms with E-state index < -0.39 is 40.6 Å². The van der Waals surface area contributed by atoms with E-state index in [-0.39, 0.29) is 0 Å². The minimum absolute atomic E-state index is 1.71. The Kier molecular flexibility index (Phi) is 2.81. The zero-order valence-electron chi connectivity index (χ0n) is 6.66. The van der Waals surface area contributed by atoms with Crippen molar-refractivity contribution in [2.45, 2.75) is 0 Å². The zero-order valence-corrected chi connectivity index (χ0v) is 6.66. The van der Waals surface area contributed by atoms with Gasteiger partial charge in [0.05, 0.1) is 0 Å². The highest BCUT2D eigenvalue weighted by molar-refractivity contribution is 5.89. The van der Waals surface area contributed by atoms with Crippen molar-refractivity contribution in [3.8, 4) is 0 Å². The molecule has 0 aliphatic rings. The van der Waals surface area contributed by atoms with Crippen molar-refractivity contribution >= 4 is 5.97 Å². The first-order chi connectivity index (χ1) is 6.91. The van der Waals surface area contributed by atoms with Gasteiger partial charge in [0.2, 0.25) is 5.82 Å². The highest BCUT2D eigenvalue weighted by atomic mass is 19.2. The summed E-state index contributed by atoms with van der Waals surface area (Å²) in [6.45, 7) is 0. The zero-order chi connectivity index (χ0) is 11.7. The predicted molar refractivity (Wildman–Crippen MR) is 35.1 cm³/mol. The molecule has 1 rings (SSSR count). The lowest BCUT2D eigenvalue weighted by Crippen LogP contribution is -2.10. The summed E-state index contributed by atoms with van der Waals surface area (Å²) in [6.07, 6.45) is 0. The van der Waals surface area contributed by atoms with Gasteiger partial charge >= 0.3 is 5.97 Å². The molecule has 1 aromatic carbocycles. The van der Waals surface area contributed by atoms with Crippen LogP contribution >= 0.6 is 0 Å². The van der Waals surface area contributed by atoms with Crippen LogP contribution < -0.4 is 0 Å². The number of rotatable bonds is 1. The van der Waals surface area contributed by atoms with Crippen LogP contribution in [0.25, 0.3) is 5.53 Å². The molecule has 0 aromatic heterocycles. The number of nitrogens with zero attached hydrogens (tertiary/aromatic N) is 2. The van der Waals surface area contributed by atoms with E-state index in [0.717, 1.165) is 0 Å². The lowest BCUT2D eigenvalue weighted by atomic mass is 10.2. The molecule has 0 N–H and O–H groups in total. The first-order valence-electron chi connectivity index (χ1n) is 3.31. The lowest BCUT2D eigenvalue weighted by Gasteiger charge is -2.01. The number of halogens is 6. The van der Waals surface area contributed by atoms with Gasteiger partial charge in [0.25, 0.3) is 0 Å².